The molecule has 2 aromatic heterocycles. The van der Waals surface area contributed by atoms with E-state index in [2.05, 4.69) is 62.8 Å². The van der Waals surface area contributed by atoms with Crippen molar-refractivity contribution in [3.05, 3.63) is 33.7 Å². The molecule has 2 heterocycles. The van der Waals surface area contributed by atoms with E-state index in [0.29, 0.717) is 5.82 Å². The zero-order valence-corrected chi connectivity index (χ0v) is 12.6. The zero-order valence-electron chi connectivity index (χ0n) is 10.4. The van der Waals surface area contributed by atoms with Gasteiger partial charge in [-0.25, -0.2) is 9.97 Å². The summed E-state index contributed by atoms with van der Waals surface area (Å²) in [5, 5.41) is 3.24. The van der Waals surface area contributed by atoms with Crippen LogP contribution in [-0.4, -0.2) is 21.5 Å². The van der Waals surface area contributed by atoms with Crippen molar-refractivity contribution in [3.63, 3.8) is 0 Å². The minimum absolute atomic E-state index is 0.684. The molecule has 5 heteroatoms. The van der Waals surface area contributed by atoms with E-state index in [1.54, 1.807) is 6.20 Å². The minimum Gasteiger partial charge on any atom is -0.369 e. The summed E-state index contributed by atoms with van der Waals surface area (Å²) >= 11 is 2.23. The fourth-order valence-electron chi connectivity index (χ4n) is 1.70. The van der Waals surface area contributed by atoms with Gasteiger partial charge < -0.3 is 5.32 Å². The van der Waals surface area contributed by atoms with Crippen LogP contribution in [0.15, 0.2) is 24.5 Å². The van der Waals surface area contributed by atoms with Crippen LogP contribution in [-0.2, 0) is 6.42 Å². The van der Waals surface area contributed by atoms with E-state index in [4.69, 9.17) is 0 Å². The maximum Gasteiger partial charge on any atom is 0.180 e. The minimum atomic E-state index is 0.684. The summed E-state index contributed by atoms with van der Waals surface area (Å²) in [5.41, 5.74) is 2.04. The average Bonchev–Trinajstić information content (AvgIpc) is 2.41. The van der Waals surface area contributed by atoms with Gasteiger partial charge in [0.1, 0.15) is 11.5 Å². The molecule has 0 aliphatic carbocycles. The molecule has 0 bridgehead atoms. The second-order valence-electron chi connectivity index (χ2n) is 3.79. The summed E-state index contributed by atoms with van der Waals surface area (Å²) in [6.07, 6.45) is 4.53. The van der Waals surface area contributed by atoms with E-state index < -0.39 is 0 Å². The molecule has 18 heavy (non-hydrogen) atoms. The molecule has 0 amide bonds. The molecule has 94 valence electrons. The van der Waals surface area contributed by atoms with Crippen LogP contribution in [0.5, 0.6) is 0 Å². The third-order valence-corrected chi connectivity index (χ3v) is 3.36. The van der Waals surface area contributed by atoms with E-state index >= 15 is 0 Å². The Kier molecular flexibility index (Phi) is 4.46. The smallest absolute Gasteiger partial charge is 0.180 e. The van der Waals surface area contributed by atoms with E-state index in [0.717, 1.165) is 28.0 Å². The van der Waals surface area contributed by atoms with Crippen molar-refractivity contribution in [2.75, 3.05) is 11.9 Å². The molecule has 0 spiro atoms. The van der Waals surface area contributed by atoms with Crippen LogP contribution in [0.3, 0.4) is 0 Å². The van der Waals surface area contributed by atoms with Crippen LogP contribution >= 0.6 is 22.6 Å². The molecule has 2 aromatic rings. The van der Waals surface area contributed by atoms with Crippen molar-refractivity contribution in [2.24, 2.45) is 0 Å². The number of halogens is 1. The number of aryl methyl sites for hydroxylation is 1. The highest BCUT2D eigenvalue weighted by Gasteiger charge is 2.10. The van der Waals surface area contributed by atoms with Crippen LogP contribution in [0.2, 0.25) is 0 Å². The highest BCUT2D eigenvalue weighted by Crippen LogP contribution is 2.21. The molecule has 0 aromatic carbocycles. The van der Waals surface area contributed by atoms with Gasteiger partial charge in [-0.05, 0) is 47.6 Å². The fraction of sp³-hybridized carbons (Fsp3) is 0.308. The standard InChI is InChI=1S/C13H15IN4/c1-3-9-6-5-7-16-11(9)13-17-8-10(14)12(18-13)15-4-2/h5-8H,3-4H2,1-2H3,(H,15,17,18). The molecular weight excluding hydrogens is 339 g/mol. The van der Waals surface area contributed by atoms with Crippen molar-refractivity contribution in [3.8, 4) is 11.5 Å². The number of aromatic nitrogens is 3. The molecular formula is C13H15IN4. The first-order valence-electron chi connectivity index (χ1n) is 5.97. The van der Waals surface area contributed by atoms with Gasteiger partial charge in [0.2, 0.25) is 0 Å². The Hall–Kier alpha value is -1.24. The van der Waals surface area contributed by atoms with Crippen molar-refractivity contribution in [2.45, 2.75) is 20.3 Å². The largest absolute Gasteiger partial charge is 0.369 e. The van der Waals surface area contributed by atoms with Crippen LogP contribution in [0.1, 0.15) is 19.4 Å². The van der Waals surface area contributed by atoms with Gasteiger partial charge >= 0.3 is 0 Å². The number of nitrogens with one attached hydrogen (secondary N) is 1. The summed E-state index contributed by atoms with van der Waals surface area (Å²) in [5.74, 6) is 1.56. The second-order valence-corrected chi connectivity index (χ2v) is 4.95. The molecule has 2 rings (SSSR count). The summed E-state index contributed by atoms with van der Waals surface area (Å²) in [7, 11) is 0. The van der Waals surface area contributed by atoms with Crippen molar-refractivity contribution >= 4 is 28.4 Å². The van der Waals surface area contributed by atoms with Gasteiger partial charge in [-0.1, -0.05) is 13.0 Å². The maximum atomic E-state index is 4.55. The first-order valence-corrected chi connectivity index (χ1v) is 7.04. The number of hydrogen-bond donors (Lipinski definition) is 1. The van der Waals surface area contributed by atoms with Crippen molar-refractivity contribution in [1.82, 2.24) is 15.0 Å². The summed E-state index contributed by atoms with van der Waals surface area (Å²) in [6.45, 7) is 5.00. The van der Waals surface area contributed by atoms with Gasteiger partial charge in [-0.15, -0.1) is 0 Å². The lowest BCUT2D eigenvalue weighted by atomic mass is 10.1. The summed E-state index contributed by atoms with van der Waals surface area (Å²) in [4.78, 5) is 13.3. The highest BCUT2D eigenvalue weighted by atomic mass is 127. The Morgan fingerprint density at radius 3 is 2.83 bits per heavy atom. The monoisotopic (exact) mass is 354 g/mol. The van der Waals surface area contributed by atoms with E-state index in [9.17, 15) is 0 Å². The van der Waals surface area contributed by atoms with Crippen molar-refractivity contribution in [1.29, 1.82) is 0 Å². The van der Waals surface area contributed by atoms with E-state index in [-0.39, 0.29) is 0 Å². The number of rotatable bonds is 4. The van der Waals surface area contributed by atoms with Gasteiger partial charge in [0, 0.05) is 18.9 Å². The van der Waals surface area contributed by atoms with Crippen LogP contribution in [0, 0.1) is 3.57 Å². The molecule has 0 unspecified atom stereocenters. The first kappa shape index (κ1) is 13.2. The molecule has 0 aliphatic heterocycles. The maximum absolute atomic E-state index is 4.55. The van der Waals surface area contributed by atoms with Gasteiger partial charge in [0.05, 0.1) is 3.57 Å². The molecule has 0 saturated carbocycles. The lowest BCUT2D eigenvalue weighted by Crippen LogP contribution is -2.05. The van der Waals surface area contributed by atoms with Gasteiger partial charge in [0.25, 0.3) is 0 Å². The quantitative estimate of drug-likeness (QED) is 0.858. The molecule has 0 aliphatic rings. The third kappa shape index (κ3) is 2.77. The predicted octanol–water partition coefficient (Wildman–Crippen LogP) is 3.14. The molecule has 4 nitrogen and oxygen atoms in total. The zero-order chi connectivity index (χ0) is 13.0. The molecule has 0 saturated heterocycles. The van der Waals surface area contributed by atoms with Crippen LogP contribution in [0.4, 0.5) is 5.82 Å². The van der Waals surface area contributed by atoms with Crippen LogP contribution < -0.4 is 5.32 Å². The van der Waals surface area contributed by atoms with Crippen molar-refractivity contribution < 1.29 is 0 Å². The molecule has 0 radical (unpaired) electrons. The Morgan fingerprint density at radius 1 is 1.28 bits per heavy atom. The molecule has 1 N–H and O–H groups in total. The predicted molar refractivity (Wildman–Crippen MR) is 81.5 cm³/mol. The number of pyridine rings is 1. The average molecular weight is 354 g/mol. The number of anilines is 1. The Labute approximate surface area is 120 Å². The first-order chi connectivity index (χ1) is 8.76. The molecule has 0 atom stereocenters. The van der Waals surface area contributed by atoms with Gasteiger partial charge in [-0.3, -0.25) is 4.98 Å². The lowest BCUT2D eigenvalue weighted by molar-refractivity contribution is 1.05. The van der Waals surface area contributed by atoms with Crippen LogP contribution in [0.25, 0.3) is 11.5 Å². The summed E-state index contributed by atoms with van der Waals surface area (Å²) < 4.78 is 1.02. The summed E-state index contributed by atoms with van der Waals surface area (Å²) in [6, 6.07) is 4.01. The fourth-order valence-corrected chi connectivity index (χ4v) is 2.15. The van der Waals surface area contributed by atoms with E-state index in [1.165, 1.54) is 5.56 Å². The SMILES string of the molecule is CCNc1nc(-c2ncccc2CC)ncc1I. The topological polar surface area (TPSA) is 50.7 Å². The highest BCUT2D eigenvalue weighted by molar-refractivity contribution is 14.1. The normalized spacial score (nSPS) is 10.4. The number of nitrogens with zero attached hydrogens (tertiary/aromatic N) is 3. The Balaban J connectivity index is 2.47. The van der Waals surface area contributed by atoms with Gasteiger partial charge in [-0.2, -0.15) is 0 Å². The van der Waals surface area contributed by atoms with E-state index in [1.807, 2.05) is 12.3 Å². The Morgan fingerprint density at radius 2 is 2.11 bits per heavy atom. The van der Waals surface area contributed by atoms with Gasteiger partial charge in [0.15, 0.2) is 5.82 Å². The lowest BCUT2D eigenvalue weighted by Gasteiger charge is -2.09. The number of hydrogen-bond acceptors (Lipinski definition) is 4. The Bertz CT molecular complexity index is 542. The third-order valence-electron chi connectivity index (χ3n) is 2.57. The molecule has 0 fully saturated rings. The second kappa shape index (κ2) is 6.08.